The number of nitriles is 1. The average molecular weight is 174 g/mol. The van der Waals surface area contributed by atoms with Gasteiger partial charge in [0.05, 0.1) is 6.07 Å². The van der Waals surface area contributed by atoms with Gasteiger partial charge in [-0.3, -0.25) is 9.78 Å². The largest absolute Gasteiger partial charge is 0.293 e. The molecule has 0 aliphatic carbocycles. The molecule has 0 aliphatic rings. The molecule has 13 heavy (non-hydrogen) atoms. The molecule has 0 aliphatic heterocycles. The third kappa shape index (κ3) is 2.12. The fraction of sp³-hybridized carbons (Fsp3) is 0.300. The van der Waals surface area contributed by atoms with E-state index >= 15 is 0 Å². The summed E-state index contributed by atoms with van der Waals surface area (Å²) in [5.41, 5.74) is 0.559. The Hall–Kier alpha value is -1.69. The first-order valence-electron chi connectivity index (χ1n) is 4.13. The molecular weight excluding hydrogens is 164 g/mol. The lowest BCUT2D eigenvalue weighted by molar-refractivity contribution is 0.0946. The molecule has 1 aromatic heterocycles. The number of carbonyl (C=O) groups is 1. The first kappa shape index (κ1) is 9.40. The summed E-state index contributed by atoms with van der Waals surface area (Å²) in [5.74, 6) is -0.644. The van der Waals surface area contributed by atoms with E-state index in [1.165, 1.54) is 0 Å². The molecule has 1 aromatic rings. The normalized spacial score (nSPS) is 11.7. The van der Waals surface area contributed by atoms with Gasteiger partial charge in [-0.2, -0.15) is 5.26 Å². The Kier molecular flexibility index (Phi) is 3.15. The zero-order chi connectivity index (χ0) is 9.68. The number of aromatic nitrogens is 1. The summed E-state index contributed by atoms with van der Waals surface area (Å²) in [5, 5.41) is 8.67. The van der Waals surface area contributed by atoms with Gasteiger partial charge in [-0.05, 0) is 18.6 Å². The van der Waals surface area contributed by atoms with Gasteiger partial charge in [-0.25, -0.2) is 0 Å². The van der Waals surface area contributed by atoms with Crippen LogP contribution in [0.3, 0.4) is 0 Å². The standard InChI is InChI=1S/C10H10N2O/c1-2-8(7-11)10(13)9-3-5-12-6-4-9/h3-6,8H,2H2,1H3/t8-/m1/s1. The molecule has 0 radical (unpaired) electrons. The smallest absolute Gasteiger partial charge is 0.180 e. The molecule has 3 nitrogen and oxygen atoms in total. The third-order valence-electron chi connectivity index (χ3n) is 1.85. The summed E-state index contributed by atoms with van der Waals surface area (Å²) in [7, 11) is 0. The SMILES string of the molecule is CC[C@H](C#N)C(=O)c1ccncc1. The Labute approximate surface area is 77.0 Å². The Morgan fingerprint density at radius 3 is 2.69 bits per heavy atom. The van der Waals surface area contributed by atoms with E-state index in [0.717, 1.165) is 0 Å². The van der Waals surface area contributed by atoms with Crippen molar-refractivity contribution >= 4 is 5.78 Å². The predicted octanol–water partition coefficient (Wildman–Crippen LogP) is 1.81. The van der Waals surface area contributed by atoms with Crippen molar-refractivity contribution in [1.82, 2.24) is 4.98 Å². The van der Waals surface area contributed by atoms with Crippen LogP contribution in [-0.4, -0.2) is 10.8 Å². The lowest BCUT2D eigenvalue weighted by Gasteiger charge is -2.03. The highest BCUT2D eigenvalue weighted by Crippen LogP contribution is 2.10. The minimum absolute atomic E-state index is 0.118. The third-order valence-corrected chi connectivity index (χ3v) is 1.85. The van der Waals surface area contributed by atoms with Gasteiger partial charge >= 0.3 is 0 Å². The minimum Gasteiger partial charge on any atom is -0.293 e. The molecular formula is C10H10N2O. The molecule has 1 rings (SSSR count). The average Bonchev–Trinajstić information content (AvgIpc) is 2.21. The van der Waals surface area contributed by atoms with Crippen LogP contribution in [-0.2, 0) is 0 Å². The molecule has 3 heteroatoms. The van der Waals surface area contributed by atoms with Crippen molar-refractivity contribution in [3.63, 3.8) is 0 Å². The quantitative estimate of drug-likeness (QED) is 0.656. The van der Waals surface area contributed by atoms with Gasteiger partial charge < -0.3 is 0 Å². The molecule has 0 saturated heterocycles. The zero-order valence-corrected chi connectivity index (χ0v) is 7.40. The van der Waals surface area contributed by atoms with E-state index in [1.54, 1.807) is 24.5 Å². The number of pyridine rings is 1. The first-order valence-corrected chi connectivity index (χ1v) is 4.13. The Balaban J connectivity index is 2.86. The van der Waals surface area contributed by atoms with Crippen molar-refractivity contribution in [3.8, 4) is 6.07 Å². The van der Waals surface area contributed by atoms with Crippen molar-refractivity contribution in [3.05, 3.63) is 30.1 Å². The van der Waals surface area contributed by atoms with Crippen LogP contribution in [0.2, 0.25) is 0 Å². The van der Waals surface area contributed by atoms with Crippen molar-refractivity contribution in [2.75, 3.05) is 0 Å². The maximum absolute atomic E-state index is 11.6. The van der Waals surface area contributed by atoms with Crippen LogP contribution in [0.15, 0.2) is 24.5 Å². The number of Topliss-reactive ketones (excluding diaryl/α,β-unsaturated/α-hetero) is 1. The van der Waals surface area contributed by atoms with Crippen LogP contribution in [0.4, 0.5) is 0 Å². The second-order valence-corrected chi connectivity index (χ2v) is 2.69. The van der Waals surface area contributed by atoms with E-state index in [1.807, 2.05) is 13.0 Å². The van der Waals surface area contributed by atoms with E-state index in [2.05, 4.69) is 4.98 Å². The summed E-state index contributed by atoms with van der Waals surface area (Å²) < 4.78 is 0. The van der Waals surface area contributed by atoms with Gasteiger partial charge in [0, 0.05) is 18.0 Å². The molecule has 0 N–H and O–H groups in total. The van der Waals surface area contributed by atoms with Crippen LogP contribution in [0, 0.1) is 17.2 Å². The van der Waals surface area contributed by atoms with Crippen LogP contribution >= 0.6 is 0 Å². The highest BCUT2D eigenvalue weighted by atomic mass is 16.1. The van der Waals surface area contributed by atoms with E-state index in [0.29, 0.717) is 12.0 Å². The van der Waals surface area contributed by atoms with Gasteiger partial charge in [-0.15, -0.1) is 0 Å². The number of hydrogen-bond acceptors (Lipinski definition) is 3. The summed E-state index contributed by atoms with van der Waals surface area (Å²) in [6.07, 6.45) is 3.66. The summed E-state index contributed by atoms with van der Waals surface area (Å²) in [6.45, 7) is 1.83. The van der Waals surface area contributed by atoms with E-state index in [4.69, 9.17) is 5.26 Å². The maximum Gasteiger partial charge on any atom is 0.180 e. The molecule has 66 valence electrons. The van der Waals surface area contributed by atoms with Crippen LogP contribution in [0.5, 0.6) is 0 Å². The van der Waals surface area contributed by atoms with Crippen molar-refractivity contribution < 1.29 is 4.79 Å². The fourth-order valence-electron chi connectivity index (χ4n) is 1.05. The lowest BCUT2D eigenvalue weighted by Crippen LogP contribution is -2.11. The van der Waals surface area contributed by atoms with Crippen LogP contribution in [0.1, 0.15) is 23.7 Å². The molecule has 0 saturated carbocycles. The Morgan fingerprint density at radius 1 is 1.62 bits per heavy atom. The molecule has 0 amide bonds. The fourth-order valence-corrected chi connectivity index (χ4v) is 1.05. The summed E-state index contributed by atoms with van der Waals surface area (Å²) in [6, 6.07) is 5.23. The van der Waals surface area contributed by atoms with E-state index < -0.39 is 5.92 Å². The van der Waals surface area contributed by atoms with Gasteiger partial charge in [0.25, 0.3) is 0 Å². The van der Waals surface area contributed by atoms with Crippen molar-refractivity contribution in [2.45, 2.75) is 13.3 Å². The summed E-state index contributed by atoms with van der Waals surface area (Å²) in [4.78, 5) is 15.4. The van der Waals surface area contributed by atoms with Gasteiger partial charge in [0.1, 0.15) is 5.92 Å². The highest BCUT2D eigenvalue weighted by molar-refractivity contribution is 5.99. The van der Waals surface area contributed by atoms with Crippen LogP contribution < -0.4 is 0 Å². The molecule has 1 heterocycles. The number of nitrogens with zero attached hydrogens (tertiary/aromatic N) is 2. The number of carbonyl (C=O) groups excluding carboxylic acids is 1. The number of ketones is 1. The molecule has 1 atom stereocenters. The minimum atomic E-state index is -0.526. The van der Waals surface area contributed by atoms with E-state index in [-0.39, 0.29) is 5.78 Å². The highest BCUT2D eigenvalue weighted by Gasteiger charge is 2.16. The van der Waals surface area contributed by atoms with Crippen molar-refractivity contribution in [1.29, 1.82) is 5.26 Å². The molecule has 0 fully saturated rings. The topological polar surface area (TPSA) is 53.8 Å². The Morgan fingerprint density at radius 2 is 2.23 bits per heavy atom. The summed E-state index contributed by atoms with van der Waals surface area (Å²) >= 11 is 0. The molecule has 0 bridgehead atoms. The van der Waals surface area contributed by atoms with Crippen LogP contribution in [0.25, 0.3) is 0 Å². The Bertz CT molecular complexity index is 327. The predicted molar refractivity (Wildman–Crippen MR) is 48.0 cm³/mol. The number of rotatable bonds is 3. The van der Waals surface area contributed by atoms with Gasteiger partial charge in [0.2, 0.25) is 0 Å². The first-order chi connectivity index (χ1) is 6.29. The van der Waals surface area contributed by atoms with Gasteiger partial charge in [0.15, 0.2) is 5.78 Å². The van der Waals surface area contributed by atoms with E-state index in [9.17, 15) is 4.79 Å². The lowest BCUT2D eigenvalue weighted by atomic mass is 9.98. The number of hydrogen-bond donors (Lipinski definition) is 0. The molecule has 0 unspecified atom stereocenters. The molecule has 0 aromatic carbocycles. The van der Waals surface area contributed by atoms with Gasteiger partial charge in [-0.1, -0.05) is 6.92 Å². The van der Waals surface area contributed by atoms with Crippen molar-refractivity contribution in [2.24, 2.45) is 5.92 Å². The zero-order valence-electron chi connectivity index (χ0n) is 7.40. The molecule has 0 spiro atoms. The second-order valence-electron chi connectivity index (χ2n) is 2.69. The second kappa shape index (κ2) is 4.36. The monoisotopic (exact) mass is 174 g/mol. The maximum atomic E-state index is 11.6.